The maximum absolute atomic E-state index is 11.7. The van der Waals surface area contributed by atoms with Gasteiger partial charge in [-0.25, -0.2) is 0 Å². The van der Waals surface area contributed by atoms with Crippen molar-refractivity contribution in [1.29, 1.82) is 5.26 Å². The summed E-state index contributed by atoms with van der Waals surface area (Å²) in [5, 5.41) is 10.0. The Morgan fingerprint density at radius 3 is 2.74 bits per heavy atom. The van der Waals surface area contributed by atoms with E-state index in [1.807, 2.05) is 53.2 Å². The fourth-order valence-electron chi connectivity index (χ4n) is 2.23. The van der Waals surface area contributed by atoms with Gasteiger partial charge in [0, 0.05) is 24.3 Å². The van der Waals surface area contributed by atoms with Crippen LogP contribution in [0.5, 0.6) is 0 Å². The zero-order valence-corrected chi connectivity index (χ0v) is 10.1. The summed E-state index contributed by atoms with van der Waals surface area (Å²) in [5.41, 5.74) is 1.64. The van der Waals surface area contributed by atoms with Gasteiger partial charge >= 0.3 is 0 Å². The van der Waals surface area contributed by atoms with Crippen molar-refractivity contribution in [3.8, 4) is 6.07 Å². The number of aromatic amines is 1. The molecule has 0 aliphatic rings. The summed E-state index contributed by atoms with van der Waals surface area (Å²) in [6.45, 7) is 0.641. The molecule has 92 valence electrons. The predicted molar refractivity (Wildman–Crippen MR) is 72.8 cm³/mol. The third kappa shape index (κ3) is 1.91. The van der Waals surface area contributed by atoms with E-state index >= 15 is 0 Å². The zero-order chi connectivity index (χ0) is 13.2. The number of nitriles is 1. The Morgan fingerprint density at radius 2 is 2.00 bits per heavy atom. The number of pyridine rings is 1. The fourth-order valence-corrected chi connectivity index (χ4v) is 2.23. The van der Waals surface area contributed by atoms with Crippen LogP contribution in [0.4, 0.5) is 0 Å². The quantitative estimate of drug-likeness (QED) is 0.757. The minimum Gasteiger partial charge on any atom is -0.342 e. The van der Waals surface area contributed by atoms with Crippen LogP contribution < -0.4 is 5.56 Å². The van der Waals surface area contributed by atoms with Crippen molar-refractivity contribution in [2.75, 3.05) is 0 Å². The van der Waals surface area contributed by atoms with Crippen LogP contribution in [0.1, 0.15) is 11.1 Å². The maximum atomic E-state index is 11.7. The number of hydrogen-bond donors (Lipinski definition) is 1. The molecule has 0 unspecified atom stereocenters. The van der Waals surface area contributed by atoms with Gasteiger partial charge in [0.2, 0.25) is 0 Å². The summed E-state index contributed by atoms with van der Waals surface area (Å²) in [6, 6.07) is 13.8. The standard InChI is InChI=1S/C15H11N3O/c16-8-13-14-12(9-17-15(13)19)6-7-18(14)10-11-4-2-1-3-5-11/h1-7,9H,10H2,(H,17,19). The van der Waals surface area contributed by atoms with Gasteiger partial charge in [-0.3, -0.25) is 4.79 Å². The van der Waals surface area contributed by atoms with Crippen LogP contribution in [0, 0.1) is 11.3 Å². The lowest BCUT2D eigenvalue weighted by Crippen LogP contribution is -2.11. The van der Waals surface area contributed by atoms with Gasteiger partial charge < -0.3 is 9.55 Å². The van der Waals surface area contributed by atoms with Gasteiger partial charge in [-0.2, -0.15) is 5.26 Å². The van der Waals surface area contributed by atoms with E-state index in [9.17, 15) is 4.79 Å². The Hall–Kier alpha value is -2.80. The molecule has 0 aliphatic heterocycles. The van der Waals surface area contributed by atoms with Gasteiger partial charge in [0.1, 0.15) is 11.6 Å². The number of nitrogens with zero attached hydrogens (tertiary/aromatic N) is 2. The van der Waals surface area contributed by atoms with Crippen molar-refractivity contribution in [1.82, 2.24) is 9.55 Å². The first-order chi connectivity index (χ1) is 9.29. The van der Waals surface area contributed by atoms with Crippen LogP contribution in [0.3, 0.4) is 0 Å². The third-order valence-electron chi connectivity index (χ3n) is 3.12. The lowest BCUT2D eigenvalue weighted by Gasteiger charge is -2.06. The Kier molecular flexibility index (Phi) is 2.66. The van der Waals surface area contributed by atoms with Gasteiger partial charge in [-0.05, 0) is 11.6 Å². The Labute approximate surface area is 109 Å². The first kappa shape index (κ1) is 11.3. The monoisotopic (exact) mass is 249 g/mol. The fraction of sp³-hybridized carbons (Fsp3) is 0.0667. The van der Waals surface area contributed by atoms with Gasteiger partial charge in [-0.15, -0.1) is 0 Å². The molecule has 4 heteroatoms. The summed E-state index contributed by atoms with van der Waals surface area (Å²) in [7, 11) is 0. The molecule has 0 atom stereocenters. The number of rotatable bonds is 2. The van der Waals surface area contributed by atoms with Crippen LogP contribution in [0.25, 0.3) is 10.9 Å². The van der Waals surface area contributed by atoms with E-state index in [-0.39, 0.29) is 11.1 Å². The smallest absolute Gasteiger partial charge is 0.268 e. The molecule has 4 nitrogen and oxygen atoms in total. The van der Waals surface area contributed by atoms with Crippen LogP contribution in [-0.2, 0) is 6.54 Å². The van der Waals surface area contributed by atoms with E-state index in [0.29, 0.717) is 12.1 Å². The normalized spacial score (nSPS) is 10.5. The zero-order valence-electron chi connectivity index (χ0n) is 10.1. The van der Waals surface area contributed by atoms with Crippen molar-refractivity contribution < 1.29 is 0 Å². The first-order valence-electron chi connectivity index (χ1n) is 5.94. The second-order valence-corrected chi connectivity index (χ2v) is 4.34. The van der Waals surface area contributed by atoms with Gasteiger partial charge in [0.15, 0.2) is 0 Å². The highest BCUT2D eigenvalue weighted by Crippen LogP contribution is 2.17. The number of nitrogens with one attached hydrogen (secondary N) is 1. The molecule has 2 heterocycles. The molecule has 0 fully saturated rings. The first-order valence-corrected chi connectivity index (χ1v) is 5.94. The van der Waals surface area contributed by atoms with Gasteiger partial charge in [-0.1, -0.05) is 30.3 Å². The van der Waals surface area contributed by atoms with Crippen LogP contribution in [-0.4, -0.2) is 9.55 Å². The average molecular weight is 249 g/mol. The second-order valence-electron chi connectivity index (χ2n) is 4.34. The number of hydrogen-bond acceptors (Lipinski definition) is 2. The molecule has 3 aromatic rings. The van der Waals surface area contributed by atoms with Crippen molar-refractivity contribution in [3.63, 3.8) is 0 Å². The Bertz CT molecular complexity index is 822. The minimum absolute atomic E-state index is 0.165. The number of H-pyrrole nitrogens is 1. The molecule has 1 N–H and O–H groups in total. The van der Waals surface area contributed by atoms with Crippen LogP contribution in [0.2, 0.25) is 0 Å². The second kappa shape index (κ2) is 4.46. The molecular weight excluding hydrogens is 238 g/mol. The number of fused-ring (bicyclic) bond motifs is 1. The van der Waals surface area contributed by atoms with E-state index < -0.39 is 0 Å². The molecule has 0 amide bonds. The Morgan fingerprint density at radius 1 is 1.21 bits per heavy atom. The predicted octanol–water partition coefficient (Wildman–Crippen LogP) is 2.25. The molecule has 0 saturated carbocycles. The largest absolute Gasteiger partial charge is 0.342 e. The molecular formula is C15H11N3O. The van der Waals surface area contributed by atoms with E-state index in [4.69, 9.17) is 5.26 Å². The summed E-state index contributed by atoms with van der Waals surface area (Å²) in [5.74, 6) is 0. The summed E-state index contributed by atoms with van der Waals surface area (Å²) >= 11 is 0. The summed E-state index contributed by atoms with van der Waals surface area (Å²) in [6.07, 6.45) is 3.53. The Balaban J connectivity index is 2.18. The molecule has 3 rings (SSSR count). The van der Waals surface area contributed by atoms with E-state index in [1.54, 1.807) is 6.20 Å². The highest BCUT2D eigenvalue weighted by molar-refractivity contribution is 5.84. The molecule has 0 radical (unpaired) electrons. The van der Waals surface area contributed by atoms with Gasteiger partial charge in [0.05, 0.1) is 5.52 Å². The molecule has 0 aliphatic carbocycles. The molecule has 0 bridgehead atoms. The highest BCUT2D eigenvalue weighted by Gasteiger charge is 2.10. The number of aromatic nitrogens is 2. The lowest BCUT2D eigenvalue weighted by molar-refractivity contribution is 0.834. The molecule has 19 heavy (non-hydrogen) atoms. The molecule has 0 spiro atoms. The highest BCUT2D eigenvalue weighted by atomic mass is 16.1. The minimum atomic E-state index is -0.344. The lowest BCUT2D eigenvalue weighted by atomic mass is 10.2. The topological polar surface area (TPSA) is 61.6 Å². The van der Waals surface area contributed by atoms with Crippen molar-refractivity contribution >= 4 is 10.9 Å². The summed E-state index contributed by atoms with van der Waals surface area (Å²) < 4.78 is 1.93. The van der Waals surface area contributed by atoms with Crippen molar-refractivity contribution in [3.05, 3.63) is 70.3 Å². The average Bonchev–Trinajstić information content (AvgIpc) is 2.83. The SMILES string of the molecule is N#Cc1c(=O)[nH]cc2ccn(Cc3ccccc3)c12. The molecule has 0 saturated heterocycles. The van der Waals surface area contributed by atoms with Crippen molar-refractivity contribution in [2.24, 2.45) is 0 Å². The van der Waals surface area contributed by atoms with Gasteiger partial charge in [0.25, 0.3) is 5.56 Å². The van der Waals surface area contributed by atoms with Crippen molar-refractivity contribution in [2.45, 2.75) is 6.54 Å². The maximum Gasteiger partial charge on any atom is 0.268 e. The van der Waals surface area contributed by atoms with Crippen LogP contribution >= 0.6 is 0 Å². The van der Waals surface area contributed by atoms with Crippen LogP contribution in [0.15, 0.2) is 53.6 Å². The molecule has 2 aromatic heterocycles. The van der Waals surface area contributed by atoms with E-state index in [0.717, 1.165) is 10.9 Å². The van der Waals surface area contributed by atoms with E-state index in [2.05, 4.69) is 4.98 Å². The third-order valence-corrected chi connectivity index (χ3v) is 3.12. The van der Waals surface area contributed by atoms with E-state index in [1.165, 1.54) is 0 Å². The molecule has 1 aromatic carbocycles. The summed E-state index contributed by atoms with van der Waals surface area (Å²) in [4.78, 5) is 14.3. The number of benzene rings is 1.